The van der Waals surface area contributed by atoms with Crippen LogP contribution < -0.4 is 0 Å². The molecular formula is C18H26N2. The molecule has 0 fully saturated rings. The van der Waals surface area contributed by atoms with Crippen molar-refractivity contribution in [3.8, 4) is 0 Å². The van der Waals surface area contributed by atoms with Crippen LogP contribution in [0.2, 0.25) is 0 Å². The van der Waals surface area contributed by atoms with Crippen molar-refractivity contribution in [2.24, 2.45) is 4.99 Å². The molecule has 0 amide bonds. The average molecular weight is 270 g/mol. The summed E-state index contributed by atoms with van der Waals surface area (Å²) >= 11 is 0. The second-order valence-electron chi connectivity index (χ2n) is 6.15. The highest BCUT2D eigenvalue weighted by atomic mass is 15.1. The number of hydrogen-bond donors (Lipinski definition) is 0. The maximum Gasteiger partial charge on any atom is 0.0664 e. The van der Waals surface area contributed by atoms with Crippen LogP contribution in [0.4, 0.5) is 5.69 Å². The van der Waals surface area contributed by atoms with E-state index >= 15 is 0 Å². The maximum atomic E-state index is 4.51. The van der Waals surface area contributed by atoms with Crippen molar-refractivity contribution in [1.29, 1.82) is 0 Å². The third-order valence-corrected chi connectivity index (χ3v) is 4.75. The smallest absolute Gasteiger partial charge is 0.0664 e. The van der Waals surface area contributed by atoms with Gasteiger partial charge in [-0.1, -0.05) is 19.9 Å². The Balaban J connectivity index is 1.82. The van der Waals surface area contributed by atoms with Crippen molar-refractivity contribution >= 4 is 11.9 Å². The van der Waals surface area contributed by atoms with Gasteiger partial charge in [0.2, 0.25) is 0 Å². The standard InChI is InChI=1S/C18H26N2/c1-3-11-20(12-4-2)15-7-5-14-6-8-18-16(9-10-19-18)17(14)13-15/h6,8,10,15H,3-5,7,9,11-13H2,1-2H3. The summed E-state index contributed by atoms with van der Waals surface area (Å²) in [6.45, 7) is 7.09. The fourth-order valence-corrected chi connectivity index (χ4v) is 3.82. The SMILES string of the molecule is CCCN(CCC)C1CCc2ccc3c(c2C1)CC=N3. The molecule has 1 aliphatic heterocycles. The summed E-state index contributed by atoms with van der Waals surface area (Å²) in [5, 5.41) is 0. The fourth-order valence-electron chi connectivity index (χ4n) is 3.82. The second kappa shape index (κ2) is 6.09. The normalized spacial score (nSPS) is 20.2. The van der Waals surface area contributed by atoms with Gasteiger partial charge in [0.1, 0.15) is 0 Å². The Labute approximate surface area is 122 Å². The van der Waals surface area contributed by atoms with Crippen LogP contribution in [-0.2, 0) is 19.3 Å². The highest BCUT2D eigenvalue weighted by Gasteiger charge is 2.26. The molecule has 2 nitrogen and oxygen atoms in total. The van der Waals surface area contributed by atoms with Crippen LogP contribution >= 0.6 is 0 Å². The highest BCUT2D eigenvalue weighted by molar-refractivity contribution is 5.77. The van der Waals surface area contributed by atoms with Gasteiger partial charge < -0.3 is 4.90 Å². The zero-order valence-corrected chi connectivity index (χ0v) is 12.9. The van der Waals surface area contributed by atoms with Crippen LogP contribution in [0.15, 0.2) is 17.1 Å². The lowest BCUT2D eigenvalue weighted by Crippen LogP contribution is -2.40. The van der Waals surface area contributed by atoms with Gasteiger partial charge in [-0.05, 0) is 68.0 Å². The lowest BCUT2D eigenvalue weighted by molar-refractivity contribution is 0.180. The monoisotopic (exact) mass is 270 g/mol. The molecule has 0 saturated heterocycles. The molecule has 0 aromatic heterocycles. The number of rotatable bonds is 5. The quantitative estimate of drug-likeness (QED) is 0.791. The van der Waals surface area contributed by atoms with Gasteiger partial charge in [0.25, 0.3) is 0 Å². The number of hydrogen-bond acceptors (Lipinski definition) is 2. The lowest BCUT2D eigenvalue weighted by atomic mass is 9.83. The maximum absolute atomic E-state index is 4.51. The first-order chi connectivity index (χ1) is 9.83. The van der Waals surface area contributed by atoms with Gasteiger partial charge in [-0.15, -0.1) is 0 Å². The first kappa shape index (κ1) is 13.8. The summed E-state index contributed by atoms with van der Waals surface area (Å²) < 4.78 is 0. The summed E-state index contributed by atoms with van der Waals surface area (Å²) in [6.07, 6.45) is 9.46. The molecule has 3 rings (SSSR count). The minimum atomic E-state index is 0.745. The first-order valence-corrected chi connectivity index (χ1v) is 8.23. The summed E-state index contributed by atoms with van der Waals surface area (Å²) in [5.41, 5.74) is 5.94. The molecule has 1 aromatic carbocycles. The van der Waals surface area contributed by atoms with Gasteiger partial charge >= 0.3 is 0 Å². The van der Waals surface area contributed by atoms with E-state index in [1.807, 2.05) is 0 Å². The van der Waals surface area contributed by atoms with E-state index in [1.54, 1.807) is 11.1 Å². The third kappa shape index (κ3) is 2.54. The van der Waals surface area contributed by atoms with Gasteiger partial charge in [0.15, 0.2) is 0 Å². The van der Waals surface area contributed by atoms with Crippen LogP contribution in [-0.4, -0.2) is 30.2 Å². The van der Waals surface area contributed by atoms with Crippen molar-refractivity contribution in [3.05, 3.63) is 28.8 Å². The lowest BCUT2D eigenvalue weighted by Gasteiger charge is -2.35. The fraction of sp³-hybridized carbons (Fsp3) is 0.611. The number of aliphatic imine (C=N–C) groups is 1. The number of fused-ring (bicyclic) bond motifs is 3. The van der Waals surface area contributed by atoms with E-state index in [-0.39, 0.29) is 0 Å². The third-order valence-electron chi connectivity index (χ3n) is 4.75. The van der Waals surface area contributed by atoms with Crippen LogP contribution in [0.1, 0.15) is 49.8 Å². The Morgan fingerprint density at radius 2 is 1.95 bits per heavy atom. The Bertz CT molecular complexity index is 498. The average Bonchev–Trinajstić information content (AvgIpc) is 2.95. The highest BCUT2D eigenvalue weighted by Crippen LogP contribution is 2.35. The van der Waals surface area contributed by atoms with E-state index in [9.17, 15) is 0 Å². The molecule has 2 heteroatoms. The van der Waals surface area contributed by atoms with E-state index in [1.165, 1.54) is 56.4 Å². The first-order valence-electron chi connectivity index (χ1n) is 8.23. The minimum Gasteiger partial charge on any atom is -0.300 e. The minimum absolute atomic E-state index is 0.745. The van der Waals surface area contributed by atoms with E-state index in [2.05, 4.69) is 42.1 Å². The van der Waals surface area contributed by atoms with Crippen LogP contribution in [0.5, 0.6) is 0 Å². The van der Waals surface area contributed by atoms with Crippen LogP contribution in [0.3, 0.4) is 0 Å². The molecule has 0 saturated carbocycles. The molecular weight excluding hydrogens is 244 g/mol. The van der Waals surface area contributed by atoms with Gasteiger partial charge in [-0.3, -0.25) is 4.99 Å². The topological polar surface area (TPSA) is 15.6 Å². The van der Waals surface area contributed by atoms with E-state index in [0.29, 0.717) is 0 Å². The van der Waals surface area contributed by atoms with Gasteiger partial charge in [0, 0.05) is 18.7 Å². The zero-order chi connectivity index (χ0) is 13.9. The summed E-state index contributed by atoms with van der Waals surface area (Å²) in [6, 6.07) is 5.28. The molecule has 0 bridgehead atoms. The molecule has 1 aliphatic carbocycles. The molecule has 2 aliphatic rings. The Morgan fingerprint density at radius 1 is 1.15 bits per heavy atom. The molecule has 0 N–H and O–H groups in total. The molecule has 108 valence electrons. The number of benzene rings is 1. The summed E-state index contributed by atoms with van der Waals surface area (Å²) in [7, 11) is 0. The Hall–Kier alpha value is -1.15. The van der Waals surface area contributed by atoms with E-state index < -0.39 is 0 Å². The summed E-state index contributed by atoms with van der Waals surface area (Å²) in [5.74, 6) is 0. The van der Waals surface area contributed by atoms with Crippen molar-refractivity contribution in [2.45, 2.75) is 58.4 Å². The van der Waals surface area contributed by atoms with Crippen LogP contribution in [0.25, 0.3) is 0 Å². The van der Waals surface area contributed by atoms with Crippen molar-refractivity contribution in [1.82, 2.24) is 4.90 Å². The molecule has 0 radical (unpaired) electrons. The second-order valence-corrected chi connectivity index (χ2v) is 6.15. The van der Waals surface area contributed by atoms with Crippen molar-refractivity contribution in [2.75, 3.05) is 13.1 Å². The van der Waals surface area contributed by atoms with Crippen molar-refractivity contribution in [3.63, 3.8) is 0 Å². The van der Waals surface area contributed by atoms with Gasteiger partial charge in [0.05, 0.1) is 5.69 Å². The molecule has 1 heterocycles. The predicted octanol–water partition coefficient (Wildman–Crippen LogP) is 3.92. The molecule has 0 spiro atoms. The van der Waals surface area contributed by atoms with Gasteiger partial charge in [-0.2, -0.15) is 0 Å². The van der Waals surface area contributed by atoms with Gasteiger partial charge in [-0.25, -0.2) is 0 Å². The molecule has 20 heavy (non-hydrogen) atoms. The predicted molar refractivity (Wildman–Crippen MR) is 86.3 cm³/mol. The number of nitrogens with zero attached hydrogens (tertiary/aromatic N) is 2. The molecule has 1 atom stereocenters. The summed E-state index contributed by atoms with van der Waals surface area (Å²) in [4.78, 5) is 7.23. The molecule has 1 unspecified atom stereocenters. The van der Waals surface area contributed by atoms with E-state index in [0.717, 1.165) is 12.5 Å². The number of aryl methyl sites for hydroxylation is 1. The van der Waals surface area contributed by atoms with Crippen molar-refractivity contribution < 1.29 is 0 Å². The van der Waals surface area contributed by atoms with E-state index in [4.69, 9.17) is 0 Å². The molecule has 1 aromatic rings. The van der Waals surface area contributed by atoms with Crippen LogP contribution in [0, 0.1) is 0 Å². The Morgan fingerprint density at radius 3 is 2.70 bits per heavy atom. The zero-order valence-electron chi connectivity index (χ0n) is 12.9. The largest absolute Gasteiger partial charge is 0.300 e. The Kier molecular flexibility index (Phi) is 4.21.